The summed E-state index contributed by atoms with van der Waals surface area (Å²) < 4.78 is 0.553. The van der Waals surface area contributed by atoms with Crippen LogP contribution in [0.3, 0.4) is 0 Å². The average molecular weight is 694 g/mol. The first-order valence-corrected chi connectivity index (χ1v) is 21.8. The highest BCUT2D eigenvalue weighted by Crippen LogP contribution is 2.16. The molecule has 292 valence electrons. The standard InChI is InChI=1S/C43H88N4O2/c1-6-8-10-12-14-16-18-20-22-24-26-28-30-34-38-46(39-35-31-29-27-25-23-21-19-17-15-13-11-9-7-2)43(49)41(36-32-33-37-44)45-42(48)40-47(3,4)5/h41H,6-40,44H2,1-5H3/p+1/t41-/m0/s1. The number of unbranched alkanes of at least 4 members (excludes halogenated alkanes) is 27. The Morgan fingerprint density at radius 3 is 1.14 bits per heavy atom. The van der Waals surface area contributed by atoms with Gasteiger partial charge < -0.3 is 20.4 Å². The van der Waals surface area contributed by atoms with Gasteiger partial charge in [-0.15, -0.1) is 0 Å². The van der Waals surface area contributed by atoms with Crippen LogP contribution >= 0.6 is 0 Å². The number of nitrogens with two attached hydrogens (primary N) is 1. The summed E-state index contributed by atoms with van der Waals surface area (Å²) in [5.74, 6) is 0.0858. The summed E-state index contributed by atoms with van der Waals surface area (Å²) in [4.78, 5) is 28.9. The molecule has 0 fully saturated rings. The monoisotopic (exact) mass is 694 g/mol. The van der Waals surface area contributed by atoms with Crippen LogP contribution in [-0.4, -0.2) is 74.6 Å². The van der Waals surface area contributed by atoms with Gasteiger partial charge in [0.05, 0.1) is 21.1 Å². The van der Waals surface area contributed by atoms with Crippen LogP contribution in [-0.2, 0) is 9.59 Å². The smallest absolute Gasteiger partial charge is 0.275 e. The molecule has 6 heteroatoms. The van der Waals surface area contributed by atoms with E-state index in [1.54, 1.807) is 0 Å². The fraction of sp³-hybridized carbons (Fsp3) is 0.953. The maximum Gasteiger partial charge on any atom is 0.275 e. The Hall–Kier alpha value is -1.14. The SMILES string of the molecule is CCCCCCCCCCCCCCCCN(CCCCCCCCCCCCCCCC)C(=O)[C@H](CCCCN)NC(=O)C[N+](C)(C)C. The Kier molecular flexibility index (Phi) is 34.5. The lowest BCUT2D eigenvalue weighted by atomic mass is 10.0. The molecule has 0 aromatic heterocycles. The number of nitrogens with zero attached hydrogens (tertiary/aromatic N) is 2. The molecule has 0 aliphatic carbocycles. The predicted molar refractivity (Wildman–Crippen MR) is 215 cm³/mol. The van der Waals surface area contributed by atoms with E-state index in [2.05, 4.69) is 24.1 Å². The van der Waals surface area contributed by atoms with Crippen molar-refractivity contribution in [2.75, 3.05) is 47.3 Å². The molecule has 1 atom stereocenters. The van der Waals surface area contributed by atoms with Gasteiger partial charge in [-0.25, -0.2) is 0 Å². The first-order valence-electron chi connectivity index (χ1n) is 21.8. The molecule has 6 nitrogen and oxygen atoms in total. The van der Waals surface area contributed by atoms with E-state index in [1.165, 1.54) is 167 Å². The normalized spacial score (nSPS) is 12.4. The van der Waals surface area contributed by atoms with Crippen molar-refractivity contribution in [1.82, 2.24) is 10.2 Å². The Morgan fingerprint density at radius 2 is 0.837 bits per heavy atom. The third kappa shape index (κ3) is 33.7. The molecule has 0 radical (unpaired) electrons. The van der Waals surface area contributed by atoms with Gasteiger partial charge in [0.15, 0.2) is 6.54 Å². The van der Waals surface area contributed by atoms with E-state index in [-0.39, 0.29) is 11.8 Å². The summed E-state index contributed by atoms with van der Waals surface area (Å²) >= 11 is 0. The van der Waals surface area contributed by atoms with Gasteiger partial charge in [-0.2, -0.15) is 0 Å². The van der Waals surface area contributed by atoms with Gasteiger partial charge in [0.25, 0.3) is 5.91 Å². The highest BCUT2D eigenvalue weighted by atomic mass is 16.2. The first kappa shape index (κ1) is 47.9. The number of likely N-dealkylation sites (N-methyl/N-ethyl adjacent to an activating group) is 1. The number of rotatable bonds is 38. The Morgan fingerprint density at radius 1 is 0.510 bits per heavy atom. The van der Waals surface area contributed by atoms with Crippen molar-refractivity contribution in [3.8, 4) is 0 Å². The van der Waals surface area contributed by atoms with Crippen LogP contribution in [0.5, 0.6) is 0 Å². The van der Waals surface area contributed by atoms with Gasteiger partial charge in [-0.1, -0.05) is 181 Å². The van der Waals surface area contributed by atoms with Gasteiger partial charge in [-0.05, 0) is 38.6 Å². The number of amides is 2. The number of quaternary nitrogens is 1. The molecule has 0 bridgehead atoms. The van der Waals surface area contributed by atoms with Gasteiger partial charge in [0, 0.05) is 13.1 Å². The molecule has 0 aliphatic heterocycles. The third-order valence-electron chi connectivity index (χ3n) is 10.1. The zero-order chi connectivity index (χ0) is 36.3. The van der Waals surface area contributed by atoms with Crippen molar-refractivity contribution in [3.05, 3.63) is 0 Å². The van der Waals surface area contributed by atoms with Gasteiger partial charge >= 0.3 is 0 Å². The number of hydrogen-bond donors (Lipinski definition) is 2. The van der Waals surface area contributed by atoms with Crippen molar-refractivity contribution in [2.45, 2.75) is 219 Å². The van der Waals surface area contributed by atoms with Crippen LogP contribution in [0.25, 0.3) is 0 Å². The van der Waals surface area contributed by atoms with Crippen LogP contribution in [0.2, 0.25) is 0 Å². The van der Waals surface area contributed by atoms with Crippen molar-refractivity contribution < 1.29 is 14.1 Å². The highest BCUT2D eigenvalue weighted by Gasteiger charge is 2.27. The van der Waals surface area contributed by atoms with E-state index in [0.29, 0.717) is 24.0 Å². The number of hydrogen-bond acceptors (Lipinski definition) is 3. The van der Waals surface area contributed by atoms with Crippen molar-refractivity contribution in [2.24, 2.45) is 5.73 Å². The van der Waals surface area contributed by atoms with E-state index >= 15 is 0 Å². The molecule has 0 aromatic rings. The number of nitrogens with one attached hydrogen (secondary N) is 1. The largest absolute Gasteiger partial charge is 0.341 e. The van der Waals surface area contributed by atoms with Crippen LogP contribution in [0.1, 0.15) is 213 Å². The zero-order valence-electron chi connectivity index (χ0n) is 34.1. The molecule has 2 amide bonds. The number of carbonyl (C=O) groups is 2. The summed E-state index contributed by atoms with van der Waals surface area (Å²) in [5.41, 5.74) is 5.78. The fourth-order valence-corrected chi connectivity index (χ4v) is 6.97. The van der Waals surface area contributed by atoms with E-state index in [1.807, 2.05) is 21.1 Å². The van der Waals surface area contributed by atoms with Gasteiger partial charge in [0.2, 0.25) is 5.91 Å². The maximum absolute atomic E-state index is 13.9. The van der Waals surface area contributed by atoms with E-state index in [4.69, 9.17) is 5.73 Å². The first-order chi connectivity index (χ1) is 23.7. The van der Waals surface area contributed by atoms with E-state index in [0.717, 1.165) is 38.8 Å². The molecule has 0 aliphatic rings. The minimum absolute atomic E-state index is 0.0356. The molecule has 0 heterocycles. The quantitative estimate of drug-likeness (QED) is 0.0499. The zero-order valence-corrected chi connectivity index (χ0v) is 34.1. The molecule has 0 spiro atoms. The summed E-state index contributed by atoms with van der Waals surface area (Å²) in [7, 11) is 6.05. The maximum atomic E-state index is 13.9. The lowest BCUT2D eigenvalue weighted by Gasteiger charge is -2.29. The second-order valence-corrected chi connectivity index (χ2v) is 16.4. The molecule has 0 rings (SSSR count). The van der Waals surface area contributed by atoms with Crippen molar-refractivity contribution >= 4 is 11.8 Å². The van der Waals surface area contributed by atoms with Crippen LogP contribution in [0.15, 0.2) is 0 Å². The predicted octanol–water partition coefficient (Wildman–Crippen LogP) is 11.1. The molecule has 3 N–H and O–H groups in total. The number of carbonyl (C=O) groups excluding carboxylic acids is 2. The second-order valence-electron chi connectivity index (χ2n) is 16.4. The van der Waals surface area contributed by atoms with Crippen molar-refractivity contribution in [1.29, 1.82) is 0 Å². The summed E-state index contributed by atoms with van der Waals surface area (Å²) in [6.45, 7) is 7.19. The van der Waals surface area contributed by atoms with Crippen LogP contribution < -0.4 is 11.1 Å². The van der Waals surface area contributed by atoms with E-state index < -0.39 is 6.04 Å². The van der Waals surface area contributed by atoms with Gasteiger partial charge in [0.1, 0.15) is 6.04 Å². The van der Waals surface area contributed by atoms with Crippen molar-refractivity contribution in [3.63, 3.8) is 0 Å². The third-order valence-corrected chi connectivity index (χ3v) is 10.1. The molecule has 0 aromatic carbocycles. The average Bonchev–Trinajstić information content (AvgIpc) is 3.06. The van der Waals surface area contributed by atoms with E-state index in [9.17, 15) is 9.59 Å². The summed E-state index contributed by atoms with van der Waals surface area (Å²) in [5, 5.41) is 3.13. The summed E-state index contributed by atoms with van der Waals surface area (Å²) in [6.07, 6.45) is 39.9. The Bertz CT molecular complexity index is 691. The Labute approximate surface area is 307 Å². The second kappa shape index (κ2) is 35.3. The molecule has 0 saturated heterocycles. The Balaban J connectivity index is 4.64. The highest BCUT2D eigenvalue weighted by molar-refractivity contribution is 5.88. The lowest BCUT2D eigenvalue weighted by Crippen LogP contribution is -2.53. The van der Waals surface area contributed by atoms with Crippen LogP contribution in [0.4, 0.5) is 0 Å². The molecular weight excluding hydrogens is 604 g/mol. The minimum atomic E-state index is -0.441. The van der Waals surface area contributed by atoms with Gasteiger partial charge in [-0.3, -0.25) is 9.59 Å². The van der Waals surface area contributed by atoms with Crippen LogP contribution in [0, 0.1) is 0 Å². The molecular formula is C43H89N4O2+. The topological polar surface area (TPSA) is 75.4 Å². The summed E-state index contributed by atoms with van der Waals surface area (Å²) in [6, 6.07) is -0.441. The lowest BCUT2D eigenvalue weighted by molar-refractivity contribution is -0.862. The molecule has 0 saturated carbocycles. The minimum Gasteiger partial charge on any atom is -0.341 e. The molecule has 49 heavy (non-hydrogen) atoms. The fourth-order valence-electron chi connectivity index (χ4n) is 6.97. The molecule has 0 unspecified atom stereocenters.